The number of Topliss-reactive ketones (excluding diaryl/α,β-unsaturated/α-hetero) is 1. The molecule has 5 aliphatic carbocycles. The smallest absolute Gasteiger partial charge is 0.193 e. The normalized spacial score (nSPS) is 51.1. The molecule has 194 valence electrons. The first-order valence-electron chi connectivity index (χ1n) is 12.4. The average molecular weight is 507 g/mol. The highest BCUT2D eigenvalue weighted by Crippen LogP contribution is 2.72. The van der Waals surface area contributed by atoms with Crippen LogP contribution < -0.4 is 0 Å². The summed E-state index contributed by atoms with van der Waals surface area (Å²) >= 11 is 0. The Morgan fingerprint density at radius 2 is 1.97 bits per heavy atom. The maximum atomic E-state index is 17.3. The molecule has 2 N–H and O–H groups in total. The van der Waals surface area contributed by atoms with Crippen LogP contribution >= 0.6 is 0 Å². The summed E-state index contributed by atoms with van der Waals surface area (Å²) in [5.41, 5.74) is -6.32. The Balaban J connectivity index is 1.44. The standard InChI is InChI=1S/C27H29F3O6/c1-24-6-5-15(32)8-18(24)19(29)9-17-16-10-22-27(21(34)12-31,25(16,2)11-20(33)26(17,24)30)36-23(35-22)13-3-4-14(28)7-13/h3,5-8,16-17,19-20,22-23,31,33H,4,9-12H2,1-2H3/t16-,17-,19-,20-,22+,23+,24-,25-,26-,27+/m0/s1. The van der Waals surface area contributed by atoms with Crippen molar-refractivity contribution in [1.29, 1.82) is 0 Å². The molecule has 10 atom stereocenters. The van der Waals surface area contributed by atoms with Crippen LogP contribution in [0.4, 0.5) is 13.2 Å². The number of hydrogen-bond acceptors (Lipinski definition) is 6. The number of alkyl halides is 2. The van der Waals surface area contributed by atoms with E-state index in [1.165, 1.54) is 25.2 Å². The number of rotatable bonds is 3. The van der Waals surface area contributed by atoms with Gasteiger partial charge in [-0.2, -0.15) is 0 Å². The molecule has 6 nitrogen and oxygen atoms in total. The molecule has 0 bridgehead atoms. The number of ether oxygens (including phenoxy) is 2. The summed E-state index contributed by atoms with van der Waals surface area (Å²) in [5.74, 6) is -3.10. The molecule has 0 aromatic heterocycles. The minimum absolute atomic E-state index is 0.0188. The zero-order valence-corrected chi connectivity index (χ0v) is 20.0. The number of allylic oxidation sites excluding steroid dienone is 6. The zero-order valence-electron chi connectivity index (χ0n) is 20.0. The summed E-state index contributed by atoms with van der Waals surface area (Å²) in [6, 6.07) is 0. The van der Waals surface area contributed by atoms with Crippen molar-refractivity contribution >= 4 is 11.6 Å². The second kappa shape index (κ2) is 7.49. The molecule has 0 amide bonds. The average Bonchev–Trinajstić information content (AvgIpc) is 3.49. The summed E-state index contributed by atoms with van der Waals surface area (Å²) in [6.07, 6.45) is 1.16. The van der Waals surface area contributed by atoms with Crippen molar-refractivity contribution in [3.63, 3.8) is 0 Å². The summed E-state index contributed by atoms with van der Waals surface area (Å²) in [4.78, 5) is 25.4. The second-order valence-corrected chi connectivity index (χ2v) is 11.5. The van der Waals surface area contributed by atoms with Gasteiger partial charge in [0.05, 0.1) is 12.2 Å². The number of hydrogen-bond donors (Lipinski definition) is 2. The minimum atomic E-state index is -2.30. The number of carbonyl (C=O) groups excluding carboxylic acids is 2. The lowest BCUT2D eigenvalue weighted by atomic mass is 9.44. The third kappa shape index (κ3) is 2.67. The highest BCUT2D eigenvalue weighted by molar-refractivity contribution is 6.01. The first kappa shape index (κ1) is 24.3. The van der Waals surface area contributed by atoms with Crippen LogP contribution in [0, 0.1) is 22.7 Å². The number of fused-ring (bicyclic) bond motifs is 7. The molecule has 4 fully saturated rings. The summed E-state index contributed by atoms with van der Waals surface area (Å²) < 4.78 is 59.0. The predicted molar refractivity (Wildman–Crippen MR) is 120 cm³/mol. The van der Waals surface area contributed by atoms with Crippen molar-refractivity contribution in [2.24, 2.45) is 22.7 Å². The molecule has 9 heteroatoms. The van der Waals surface area contributed by atoms with Gasteiger partial charge in [0.2, 0.25) is 0 Å². The zero-order chi connectivity index (χ0) is 25.8. The minimum Gasteiger partial charge on any atom is -0.390 e. The van der Waals surface area contributed by atoms with Crippen LogP contribution in [0.25, 0.3) is 0 Å². The van der Waals surface area contributed by atoms with E-state index in [-0.39, 0.29) is 37.1 Å². The van der Waals surface area contributed by atoms with Gasteiger partial charge in [-0.3, -0.25) is 9.59 Å². The molecule has 1 heterocycles. The number of aliphatic hydroxyl groups is 2. The van der Waals surface area contributed by atoms with E-state index in [1.54, 1.807) is 13.0 Å². The van der Waals surface area contributed by atoms with Gasteiger partial charge in [-0.1, -0.05) is 19.1 Å². The van der Waals surface area contributed by atoms with Crippen LogP contribution in [0.3, 0.4) is 0 Å². The van der Waals surface area contributed by atoms with Gasteiger partial charge in [-0.05, 0) is 55.9 Å². The van der Waals surface area contributed by atoms with Crippen LogP contribution in [-0.2, 0) is 19.1 Å². The van der Waals surface area contributed by atoms with E-state index >= 15 is 8.78 Å². The van der Waals surface area contributed by atoms with Gasteiger partial charge in [-0.25, -0.2) is 13.2 Å². The molecule has 0 radical (unpaired) electrons. The van der Waals surface area contributed by atoms with Gasteiger partial charge >= 0.3 is 0 Å². The summed E-state index contributed by atoms with van der Waals surface area (Å²) in [6.45, 7) is 2.36. The van der Waals surface area contributed by atoms with Crippen molar-refractivity contribution in [3.05, 3.63) is 47.4 Å². The third-order valence-corrected chi connectivity index (χ3v) is 10.1. The molecular formula is C27H29F3O6. The van der Waals surface area contributed by atoms with Crippen molar-refractivity contribution in [2.75, 3.05) is 6.61 Å². The van der Waals surface area contributed by atoms with Crippen LogP contribution in [0.15, 0.2) is 47.4 Å². The van der Waals surface area contributed by atoms with Gasteiger partial charge in [0.25, 0.3) is 0 Å². The Morgan fingerprint density at radius 1 is 1.22 bits per heavy atom. The van der Waals surface area contributed by atoms with E-state index in [2.05, 4.69) is 0 Å². The van der Waals surface area contributed by atoms with Gasteiger partial charge < -0.3 is 19.7 Å². The van der Waals surface area contributed by atoms with Crippen LogP contribution in [0.5, 0.6) is 0 Å². The van der Waals surface area contributed by atoms with Crippen LogP contribution in [-0.4, -0.2) is 64.3 Å². The Bertz CT molecular complexity index is 1180. The van der Waals surface area contributed by atoms with E-state index in [9.17, 15) is 24.2 Å². The van der Waals surface area contributed by atoms with E-state index in [1.807, 2.05) is 0 Å². The number of aliphatic hydroxyl groups excluding tert-OH is 2. The molecule has 0 unspecified atom stereocenters. The Morgan fingerprint density at radius 3 is 2.64 bits per heavy atom. The van der Waals surface area contributed by atoms with Crippen molar-refractivity contribution in [1.82, 2.24) is 0 Å². The Labute approximate surface area is 206 Å². The molecule has 6 aliphatic rings. The molecule has 0 aromatic carbocycles. The first-order valence-corrected chi connectivity index (χ1v) is 12.4. The van der Waals surface area contributed by atoms with Crippen molar-refractivity contribution in [2.45, 2.75) is 75.5 Å². The van der Waals surface area contributed by atoms with Gasteiger partial charge in [0, 0.05) is 28.7 Å². The molecule has 3 saturated carbocycles. The lowest BCUT2D eigenvalue weighted by Crippen LogP contribution is -2.70. The third-order valence-electron chi connectivity index (χ3n) is 10.1. The molecule has 6 rings (SSSR count). The Kier molecular flexibility index (Phi) is 5.05. The van der Waals surface area contributed by atoms with Gasteiger partial charge in [0.1, 0.15) is 18.6 Å². The number of carbonyl (C=O) groups is 2. The molecule has 1 aliphatic heterocycles. The summed E-state index contributed by atoms with van der Waals surface area (Å²) in [5, 5.41) is 21.4. The first-order chi connectivity index (χ1) is 16.9. The lowest BCUT2D eigenvalue weighted by Gasteiger charge is -2.63. The number of halogens is 3. The lowest BCUT2D eigenvalue weighted by molar-refractivity contribution is -0.231. The quantitative estimate of drug-likeness (QED) is 0.611. The fraction of sp³-hybridized carbons (Fsp3) is 0.630. The molecular weight excluding hydrogens is 477 g/mol. The van der Waals surface area contributed by atoms with Crippen LogP contribution in [0.2, 0.25) is 0 Å². The van der Waals surface area contributed by atoms with Crippen LogP contribution in [0.1, 0.15) is 39.5 Å². The molecule has 36 heavy (non-hydrogen) atoms. The largest absolute Gasteiger partial charge is 0.390 e. The fourth-order valence-electron chi connectivity index (χ4n) is 8.39. The fourth-order valence-corrected chi connectivity index (χ4v) is 8.39. The van der Waals surface area contributed by atoms with E-state index in [4.69, 9.17) is 9.47 Å². The van der Waals surface area contributed by atoms with E-state index in [0.717, 1.165) is 6.08 Å². The van der Waals surface area contributed by atoms with Gasteiger partial charge in [0.15, 0.2) is 29.1 Å². The highest BCUT2D eigenvalue weighted by Gasteiger charge is 2.80. The monoisotopic (exact) mass is 506 g/mol. The van der Waals surface area contributed by atoms with Crippen molar-refractivity contribution < 1.29 is 42.4 Å². The second-order valence-electron chi connectivity index (χ2n) is 11.5. The SMILES string of the molecule is C[C@]12C=CC(=O)C=C1[C@@H](F)C[C@H]1[C@@H]3C[C@H]4O[C@@H](C5=CCC(F)=C5)O[C@@]4(C(=O)CO)[C@@]3(C)C[C@H](O)[C@@]12F. The topological polar surface area (TPSA) is 93.1 Å². The number of ketones is 2. The highest BCUT2D eigenvalue weighted by atomic mass is 19.1. The van der Waals surface area contributed by atoms with Crippen molar-refractivity contribution in [3.8, 4) is 0 Å². The van der Waals surface area contributed by atoms with Gasteiger partial charge in [-0.15, -0.1) is 0 Å². The summed E-state index contributed by atoms with van der Waals surface area (Å²) in [7, 11) is 0. The maximum absolute atomic E-state index is 17.3. The molecule has 0 aromatic rings. The molecule has 1 saturated heterocycles. The predicted octanol–water partition coefficient (Wildman–Crippen LogP) is 3.14. The molecule has 0 spiro atoms. The maximum Gasteiger partial charge on any atom is 0.193 e. The Hall–Kier alpha value is -2.07. The van der Waals surface area contributed by atoms with E-state index in [0.29, 0.717) is 5.57 Å². The van der Waals surface area contributed by atoms with E-state index < -0.39 is 76.8 Å².